The lowest BCUT2D eigenvalue weighted by Crippen LogP contribution is -2.46. The maximum absolute atomic E-state index is 12.2. The van der Waals surface area contributed by atoms with Gasteiger partial charge in [-0.2, -0.15) is 4.57 Å². The molecule has 0 saturated carbocycles. The molecule has 0 fully saturated rings. The zero-order valence-electron chi connectivity index (χ0n) is 10.9. The smallest absolute Gasteiger partial charge is 0.293 e. The minimum absolute atomic E-state index is 0.0541. The first kappa shape index (κ1) is 13.6. The molecule has 0 spiro atoms. The van der Waals surface area contributed by atoms with E-state index in [-0.39, 0.29) is 11.9 Å². The molecule has 1 atom stereocenters. The molecule has 2 aromatic rings. The Kier molecular flexibility index (Phi) is 4.17. The highest BCUT2D eigenvalue weighted by Crippen LogP contribution is 2.14. The monoisotopic (exact) mass is 275 g/mol. The molecule has 0 aliphatic carbocycles. The highest BCUT2D eigenvalue weighted by Gasteiger charge is 2.23. The summed E-state index contributed by atoms with van der Waals surface area (Å²) in [6.07, 6.45) is 1.90. The molecule has 4 heteroatoms. The van der Waals surface area contributed by atoms with Crippen LogP contribution in [0.4, 0.5) is 5.69 Å². The first-order valence-electron chi connectivity index (χ1n) is 6.11. The van der Waals surface area contributed by atoms with Gasteiger partial charge in [0.2, 0.25) is 6.04 Å². The molecule has 2 rings (SSSR count). The normalized spacial score (nSPS) is 11.9. The van der Waals surface area contributed by atoms with E-state index in [1.807, 2.05) is 42.8 Å². The lowest BCUT2D eigenvalue weighted by atomic mass is 10.2. The van der Waals surface area contributed by atoms with E-state index in [4.69, 9.17) is 11.6 Å². The number of anilines is 1. The zero-order valence-corrected chi connectivity index (χ0v) is 11.7. The number of benzene rings is 1. The second-order valence-electron chi connectivity index (χ2n) is 4.42. The molecule has 98 valence electrons. The molecule has 0 aliphatic rings. The first-order chi connectivity index (χ1) is 9.08. The molecule has 1 aromatic heterocycles. The van der Waals surface area contributed by atoms with Crippen LogP contribution in [0.3, 0.4) is 0 Å². The molecular weight excluding hydrogens is 260 g/mol. The van der Waals surface area contributed by atoms with E-state index in [0.717, 1.165) is 11.4 Å². The highest BCUT2D eigenvalue weighted by molar-refractivity contribution is 6.30. The Labute approximate surface area is 117 Å². The van der Waals surface area contributed by atoms with Crippen LogP contribution in [-0.2, 0) is 4.79 Å². The molecule has 3 nitrogen and oxygen atoms in total. The zero-order chi connectivity index (χ0) is 13.8. The van der Waals surface area contributed by atoms with Gasteiger partial charge in [-0.1, -0.05) is 17.7 Å². The SMILES string of the molecule is Cc1cccc[n+]1[C@@H](C)C(=O)Nc1ccc(Cl)cc1. The molecule has 0 radical (unpaired) electrons. The predicted molar refractivity (Wildman–Crippen MR) is 76.2 cm³/mol. The third-order valence-corrected chi connectivity index (χ3v) is 3.26. The maximum atomic E-state index is 12.2. The number of nitrogens with one attached hydrogen (secondary N) is 1. The van der Waals surface area contributed by atoms with Crippen LogP contribution in [0.1, 0.15) is 18.7 Å². The average Bonchev–Trinajstić information content (AvgIpc) is 2.41. The fourth-order valence-electron chi connectivity index (χ4n) is 1.88. The third-order valence-electron chi connectivity index (χ3n) is 3.01. The van der Waals surface area contributed by atoms with Gasteiger partial charge in [0, 0.05) is 36.7 Å². The number of carbonyl (C=O) groups is 1. The Balaban J connectivity index is 2.12. The van der Waals surface area contributed by atoms with Crippen LogP contribution in [-0.4, -0.2) is 5.91 Å². The summed E-state index contributed by atoms with van der Waals surface area (Å²) in [6, 6.07) is 12.7. The van der Waals surface area contributed by atoms with E-state index in [2.05, 4.69) is 5.32 Å². The van der Waals surface area contributed by atoms with Gasteiger partial charge in [0.15, 0.2) is 11.9 Å². The van der Waals surface area contributed by atoms with Gasteiger partial charge in [0.25, 0.3) is 5.91 Å². The average molecular weight is 276 g/mol. The van der Waals surface area contributed by atoms with E-state index in [1.165, 1.54) is 0 Å². The van der Waals surface area contributed by atoms with E-state index in [0.29, 0.717) is 5.02 Å². The summed E-state index contributed by atoms with van der Waals surface area (Å²) in [5, 5.41) is 3.53. The van der Waals surface area contributed by atoms with Crippen molar-refractivity contribution in [2.75, 3.05) is 5.32 Å². The number of aromatic nitrogens is 1. The number of nitrogens with zero attached hydrogens (tertiary/aromatic N) is 1. The summed E-state index contributed by atoms with van der Waals surface area (Å²) < 4.78 is 1.94. The van der Waals surface area contributed by atoms with Crippen molar-refractivity contribution in [1.82, 2.24) is 0 Å². The minimum Gasteiger partial charge on any atom is -0.320 e. The topological polar surface area (TPSA) is 33.0 Å². The van der Waals surface area contributed by atoms with Crippen molar-refractivity contribution in [3.8, 4) is 0 Å². The van der Waals surface area contributed by atoms with Crippen LogP contribution in [0.2, 0.25) is 5.02 Å². The van der Waals surface area contributed by atoms with Gasteiger partial charge >= 0.3 is 0 Å². The molecule has 1 heterocycles. The molecule has 0 aliphatic heterocycles. The van der Waals surface area contributed by atoms with Crippen LogP contribution in [0, 0.1) is 6.92 Å². The second kappa shape index (κ2) is 5.85. The molecule has 19 heavy (non-hydrogen) atoms. The van der Waals surface area contributed by atoms with Crippen LogP contribution >= 0.6 is 11.6 Å². The van der Waals surface area contributed by atoms with E-state index in [1.54, 1.807) is 24.3 Å². The summed E-state index contributed by atoms with van der Waals surface area (Å²) in [5.74, 6) is -0.0541. The van der Waals surface area contributed by atoms with Crippen molar-refractivity contribution in [1.29, 1.82) is 0 Å². The van der Waals surface area contributed by atoms with Gasteiger partial charge in [0.1, 0.15) is 0 Å². The molecule has 1 amide bonds. The lowest BCUT2D eigenvalue weighted by molar-refractivity contribution is -0.711. The Hall–Kier alpha value is -1.87. The summed E-state index contributed by atoms with van der Waals surface area (Å²) in [7, 11) is 0. The Morgan fingerprint density at radius 1 is 1.21 bits per heavy atom. The van der Waals surface area contributed by atoms with Crippen molar-refractivity contribution < 1.29 is 9.36 Å². The van der Waals surface area contributed by atoms with Gasteiger partial charge in [-0.15, -0.1) is 0 Å². The number of hydrogen-bond donors (Lipinski definition) is 1. The van der Waals surface area contributed by atoms with Gasteiger partial charge in [0.05, 0.1) is 0 Å². The number of rotatable bonds is 3. The van der Waals surface area contributed by atoms with Gasteiger partial charge in [-0.05, 0) is 24.3 Å². The van der Waals surface area contributed by atoms with Crippen molar-refractivity contribution in [3.05, 3.63) is 59.4 Å². The highest BCUT2D eigenvalue weighted by atomic mass is 35.5. The van der Waals surface area contributed by atoms with Crippen molar-refractivity contribution >= 4 is 23.2 Å². The number of halogens is 1. The largest absolute Gasteiger partial charge is 0.320 e. The second-order valence-corrected chi connectivity index (χ2v) is 4.86. The number of amides is 1. The number of hydrogen-bond acceptors (Lipinski definition) is 1. The standard InChI is InChI=1S/C15H15ClN2O/c1-11-5-3-4-10-18(11)12(2)15(19)17-14-8-6-13(16)7-9-14/h3-10,12H,1-2H3/p+1/t12-/m0/s1. The number of carbonyl (C=O) groups excluding carboxylic acids is 1. The van der Waals surface area contributed by atoms with E-state index < -0.39 is 0 Å². The van der Waals surface area contributed by atoms with Crippen LogP contribution in [0.5, 0.6) is 0 Å². The summed E-state index contributed by atoms with van der Waals surface area (Å²) in [4.78, 5) is 12.2. The maximum Gasteiger partial charge on any atom is 0.293 e. The lowest BCUT2D eigenvalue weighted by Gasteiger charge is -2.10. The number of aryl methyl sites for hydroxylation is 1. The Bertz CT molecular complexity index is 581. The van der Waals surface area contributed by atoms with Crippen molar-refractivity contribution in [2.45, 2.75) is 19.9 Å². The van der Waals surface area contributed by atoms with E-state index in [9.17, 15) is 4.79 Å². The number of pyridine rings is 1. The fourth-order valence-corrected chi connectivity index (χ4v) is 2.01. The summed E-state index contributed by atoms with van der Waals surface area (Å²) in [6.45, 7) is 3.85. The molecule has 0 saturated heterocycles. The molecule has 1 aromatic carbocycles. The molecular formula is C15H16ClN2O+. The van der Waals surface area contributed by atoms with Crippen molar-refractivity contribution in [3.63, 3.8) is 0 Å². The van der Waals surface area contributed by atoms with Gasteiger partial charge in [-0.25, -0.2) is 0 Å². The summed E-state index contributed by atoms with van der Waals surface area (Å²) in [5.41, 5.74) is 1.79. The van der Waals surface area contributed by atoms with Crippen molar-refractivity contribution in [2.24, 2.45) is 0 Å². The minimum atomic E-state index is -0.267. The predicted octanol–water partition coefficient (Wildman–Crippen LogP) is 3.14. The molecule has 0 unspecified atom stereocenters. The fraction of sp³-hybridized carbons (Fsp3) is 0.200. The Morgan fingerprint density at radius 2 is 1.89 bits per heavy atom. The van der Waals surface area contributed by atoms with Crippen LogP contribution in [0.25, 0.3) is 0 Å². The molecule has 1 N–H and O–H groups in total. The summed E-state index contributed by atoms with van der Waals surface area (Å²) >= 11 is 5.81. The first-order valence-corrected chi connectivity index (χ1v) is 6.49. The third kappa shape index (κ3) is 3.32. The van der Waals surface area contributed by atoms with Gasteiger partial charge < -0.3 is 5.32 Å². The van der Waals surface area contributed by atoms with Crippen LogP contribution in [0.15, 0.2) is 48.7 Å². The quantitative estimate of drug-likeness (QED) is 0.858. The van der Waals surface area contributed by atoms with Gasteiger partial charge in [-0.3, -0.25) is 4.79 Å². The molecule has 0 bridgehead atoms. The van der Waals surface area contributed by atoms with E-state index >= 15 is 0 Å². The van der Waals surface area contributed by atoms with Crippen LogP contribution < -0.4 is 9.88 Å². The Morgan fingerprint density at radius 3 is 2.53 bits per heavy atom.